The van der Waals surface area contributed by atoms with Gasteiger partial charge in [0.05, 0.1) is 13.2 Å². The molecule has 3 nitrogen and oxygen atoms in total. The summed E-state index contributed by atoms with van der Waals surface area (Å²) < 4.78 is 5.24. The summed E-state index contributed by atoms with van der Waals surface area (Å²) in [6, 6.07) is 0. The molecule has 0 bridgehead atoms. The molecule has 0 aromatic rings. The maximum Gasteiger partial charge on any atom is 0.220 e. The summed E-state index contributed by atoms with van der Waals surface area (Å²) >= 11 is 3.28. The summed E-state index contributed by atoms with van der Waals surface area (Å²) in [5, 5.41) is 3.71. The van der Waals surface area contributed by atoms with Crippen LogP contribution in [0.5, 0.6) is 0 Å². The fourth-order valence-electron chi connectivity index (χ4n) is 1.57. The second-order valence-electron chi connectivity index (χ2n) is 4.17. The van der Waals surface area contributed by atoms with E-state index in [1.54, 1.807) is 0 Å². The molecule has 102 valence electrons. The average Bonchev–Trinajstić information content (AvgIpc) is 2.33. The average molecular weight is 308 g/mol. The number of alkyl halides is 1. The molecule has 4 heteroatoms. The van der Waals surface area contributed by atoms with Crippen LogP contribution in [-0.4, -0.2) is 31.0 Å². The van der Waals surface area contributed by atoms with Crippen LogP contribution in [0.3, 0.4) is 0 Å². The van der Waals surface area contributed by atoms with Gasteiger partial charge in [0.15, 0.2) is 0 Å². The van der Waals surface area contributed by atoms with Crippen molar-refractivity contribution in [1.29, 1.82) is 0 Å². The first kappa shape index (κ1) is 16.9. The Labute approximate surface area is 114 Å². The van der Waals surface area contributed by atoms with Crippen molar-refractivity contribution in [3.63, 3.8) is 0 Å². The smallest absolute Gasteiger partial charge is 0.220 e. The summed E-state index contributed by atoms with van der Waals surface area (Å²) in [4.78, 5) is 11.4. The van der Waals surface area contributed by atoms with Crippen LogP contribution >= 0.6 is 15.9 Å². The minimum absolute atomic E-state index is 0.155. The van der Waals surface area contributed by atoms with Gasteiger partial charge in [0.2, 0.25) is 5.91 Å². The van der Waals surface area contributed by atoms with Crippen molar-refractivity contribution in [3.8, 4) is 0 Å². The van der Waals surface area contributed by atoms with Crippen molar-refractivity contribution in [2.24, 2.45) is 0 Å². The Hall–Kier alpha value is -0.0900. The molecule has 0 fully saturated rings. The molecule has 0 unspecified atom stereocenters. The zero-order valence-corrected chi connectivity index (χ0v) is 12.6. The van der Waals surface area contributed by atoms with E-state index in [4.69, 9.17) is 4.74 Å². The lowest BCUT2D eigenvalue weighted by molar-refractivity contribution is -0.121. The highest BCUT2D eigenvalue weighted by Gasteiger charge is 1.99. The minimum atomic E-state index is 0.155. The van der Waals surface area contributed by atoms with E-state index >= 15 is 0 Å². The van der Waals surface area contributed by atoms with Crippen molar-refractivity contribution < 1.29 is 9.53 Å². The van der Waals surface area contributed by atoms with E-state index in [1.807, 2.05) is 0 Å². The van der Waals surface area contributed by atoms with E-state index in [2.05, 4.69) is 28.2 Å². The van der Waals surface area contributed by atoms with Crippen LogP contribution in [0.25, 0.3) is 0 Å². The zero-order valence-electron chi connectivity index (χ0n) is 11.0. The Morgan fingerprint density at radius 1 is 1.12 bits per heavy atom. The summed E-state index contributed by atoms with van der Waals surface area (Å²) in [5.74, 6) is 0.155. The molecule has 0 aromatic carbocycles. The Morgan fingerprint density at radius 2 is 1.82 bits per heavy atom. The molecule has 0 atom stereocenters. The summed E-state index contributed by atoms with van der Waals surface area (Å²) in [7, 11) is 0. The first-order valence-electron chi connectivity index (χ1n) is 6.71. The Kier molecular flexibility index (Phi) is 13.9. The van der Waals surface area contributed by atoms with Gasteiger partial charge in [0.1, 0.15) is 0 Å². The second-order valence-corrected chi connectivity index (χ2v) is 4.96. The molecule has 0 aliphatic rings. The Balaban J connectivity index is 3.12. The largest absolute Gasteiger partial charge is 0.379 e. The lowest BCUT2D eigenvalue weighted by Gasteiger charge is -2.05. The molecule has 0 rings (SSSR count). The summed E-state index contributed by atoms with van der Waals surface area (Å²) in [5.41, 5.74) is 0. The predicted molar refractivity (Wildman–Crippen MR) is 75.6 cm³/mol. The summed E-state index contributed by atoms with van der Waals surface area (Å²) in [6.07, 6.45) is 8.00. The van der Waals surface area contributed by atoms with E-state index in [0.717, 1.165) is 11.8 Å². The molecule has 1 N–H and O–H groups in total. The van der Waals surface area contributed by atoms with Crippen LogP contribution in [0, 0.1) is 0 Å². The van der Waals surface area contributed by atoms with E-state index < -0.39 is 0 Å². The van der Waals surface area contributed by atoms with Gasteiger partial charge < -0.3 is 10.1 Å². The lowest BCUT2D eigenvalue weighted by Crippen LogP contribution is -2.27. The SMILES string of the molecule is CCCCCCCCC(=O)NCCOCCBr. The molecule has 17 heavy (non-hydrogen) atoms. The highest BCUT2D eigenvalue weighted by atomic mass is 79.9. The molecule has 0 aliphatic heterocycles. The van der Waals surface area contributed by atoms with E-state index in [1.165, 1.54) is 32.1 Å². The van der Waals surface area contributed by atoms with E-state index in [9.17, 15) is 4.79 Å². The highest BCUT2D eigenvalue weighted by molar-refractivity contribution is 9.09. The van der Waals surface area contributed by atoms with Gasteiger partial charge in [-0.05, 0) is 6.42 Å². The molecule has 1 amide bonds. The van der Waals surface area contributed by atoms with Crippen molar-refractivity contribution >= 4 is 21.8 Å². The van der Waals surface area contributed by atoms with Gasteiger partial charge in [0, 0.05) is 18.3 Å². The number of carbonyl (C=O) groups is 1. The number of hydrogen-bond acceptors (Lipinski definition) is 2. The van der Waals surface area contributed by atoms with Gasteiger partial charge in [-0.15, -0.1) is 0 Å². The fourth-order valence-corrected chi connectivity index (χ4v) is 1.80. The monoisotopic (exact) mass is 307 g/mol. The number of rotatable bonds is 12. The van der Waals surface area contributed by atoms with E-state index in [0.29, 0.717) is 26.2 Å². The Bertz CT molecular complexity index is 177. The molecular weight excluding hydrogens is 282 g/mol. The zero-order chi connectivity index (χ0) is 12.8. The number of halogens is 1. The van der Waals surface area contributed by atoms with Gasteiger partial charge in [-0.2, -0.15) is 0 Å². The highest BCUT2D eigenvalue weighted by Crippen LogP contribution is 2.06. The second kappa shape index (κ2) is 14.0. The van der Waals surface area contributed by atoms with Crippen LogP contribution in [-0.2, 0) is 9.53 Å². The van der Waals surface area contributed by atoms with Crippen LogP contribution < -0.4 is 5.32 Å². The number of hydrogen-bond donors (Lipinski definition) is 1. The van der Waals surface area contributed by atoms with Gasteiger partial charge >= 0.3 is 0 Å². The minimum Gasteiger partial charge on any atom is -0.379 e. The van der Waals surface area contributed by atoms with Gasteiger partial charge in [-0.25, -0.2) is 0 Å². The van der Waals surface area contributed by atoms with Crippen molar-refractivity contribution in [3.05, 3.63) is 0 Å². The maximum atomic E-state index is 11.4. The maximum absolute atomic E-state index is 11.4. The van der Waals surface area contributed by atoms with Crippen molar-refractivity contribution in [2.75, 3.05) is 25.1 Å². The number of carbonyl (C=O) groups excluding carboxylic acids is 1. The molecule has 0 saturated heterocycles. The molecule has 0 aromatic heterocycles. The molecule has 0 aliphatic carbocycles. The molecule has 0 spiro atoms. The number of unbranched alkanes of at least 4 members (excludes halogenated alkanes) is 5. The quantitative estimate of drug-likeness (QED) is 0.444. The molecule has 0 saturated carbocycles. The predicted octanol–water partition coefficient (Wildman–Crippen LogP) is 3.26. The van der Waals surface area contributed by atoms with Crippen molar-refractivity contribution in [2.45, 2.75) is 51.9 Å². The standard InChI is InChI=1S/C13H26BrNO2/c1-2-3-4-5-6-7-8-13(16)15-10-12-17-11-9-14/h2-12H2,1H3,(H,15,16). The van der Waals surface area contributed by atoms with Crippen LogP contribution in [0.15, 0.2) is 0 Å². The normalized spacial score (nSPS) is 10.5. The Morgan fingerprint density at radius 3 is 2.53 bits per heavy atom. The molecule has 0 radical (unpaired) electrons. The number of nitrogens with one attached hydrogen (secondary N) is 1. The molecule has 0 heterocycles. The van der Waals surface area contributed by atoms with Gasteiger partial charge in [-0.1, -0.05) is 55.0 Å². The first-order chi connectivity index (χ1) is 8.31. The van der Waals surface area contributed by atoms with Crippen LogP contribution in [0.2, 0.25) is 0 Å². The van der Waals surface area contributed by atoms with Crippen molar-refractivity contribution in [1.82, 2.24) is 5.32 Å². The molecular formula is C13H26BrNO2. The number of amides is 1. The van der Waals surface area contributed by atoms with Gasteiger partial charge in [-0.3, -0.25) is 4.79 Å². The third kappa shape index (κ3) is 13.8. The summed E-state index contributed by atoms with van der Waals surface area (Å²) in [6.45, 7) is 4.15. The van der Waals surface area contributed by atoms with Crippen LogP contribution in [0.4, 0.5) is 0 Å². The topological polar surface area (TPSA) is 38.3 Å². The van der Waals surface area contributed by atoms with E-state index in [-0.39, 0.29) is 5.91 Å². The van der Waals surface area contributed by atoms with Gasteiger partial charge in [0.25, 0.3) is 0 Å². The fraction of sp³-hybridized carbons (Fsp3) is 0.923. The first-order valence-corrected chi connectivity index (χ1v) is 7.83. The number of ether oxygens (including phenoxy) is 1. The third-order valence-corrected chi connectivity index (χ3v) is 2.87. The lowest BCUT2D eigenvalue weighted by atomic mass is 10.1. The third-order valence-electron chi connectivity index (χ3n) is 2.55. The van der Waals surface area contributed by atoms with Crippen LogP contribution in [0.1, 0.15) is 51.9 Å².